The fraction of sp³-hybridized carbons (Fsp3) is 0. The lowest BCUT2D eigenvalue weighted by Crippen LogP contribution is -2.10. The summed E-state index contributed by atoms with van der Waals surface area (Å²) in [4.78, 5) is 15.1. The van der Waals surface area contributed by atoms with Gasteiger partial charge in [0.25, 0.3) is 0 Å². The van der Waals surface area contributed by atoms with Crippen LogP contribution in [0.25, 0.3) is 89.0 Å². The molecule has 0 saturated heterocycles. The highest BCUT2D eigenvalue weighted by Gasteiger charge is 2.22. The van der Waals surface area contributed by atoms with Crippen molar-refractivity contribution in [1.29, 1.82) is 0 Å². The maximum absolute atomic E-state index is 5.23. The van der Waals surface area contributed by atoms with Crippen molar-refractivity contribution in [2.45, 2.75) is 0 Å². The van der Waals surface area contributed by atoms with Crippen LogP contribution in [-0.2, 0) is 0 Å². The summed E-state index contributed by atoms with van der Waals surface area (Å²) in [5.74, 6) is 0. The Morgan fingerprint density at radius 3 is 1.03 bits per heavy atom. The Balaban J connectivity index is 0.801. The van der Waals surface area contributed by atoms with E-state index in [-0.39, 0.29) is 0 Å². The van der Waals surface area contributed by atoms with Crippen molar-refractivity contribution < 1.29 is 0 Å². The summed E-state index contributed by atoms with van der Waals surface area (Å²) in [5, 5.41) is 4.80. The van der Waals surface area contributed by atoms with Gasteiger partial charge in [-0.3, -0.25) is 8.80 Å². The Kier molecular flexibility index (Phi) is 11.1. The van der Waals surface area contributed by atoms with E-state index in [0.717, 1.165) is 102 Å². The molecular formula is C70H48N6. The van der Waals surface area contributed by atoms with E-state index >= 15 is 0 Å². The Labute approximate surface area is 441 Å². The second-order valence-corrected chi connectivity index (χ2v) is 19.1. The van der Waals surface area contributed by atoms with Crippen molar-refractivity contribution in [3.8, 4) is 56.2 Å². The molecule has 0 aliphatic heterocycles. The minimum Gasteiger partial charge on any atom is -0.310 e. The van der Waals surface area contributed by atoms with E-state index < -0.39 is 0 Å². The number of fused-ring (bicyclic) bond motifs is 4. The van der Waals surface area contributed by atoms with Gasteiger partial charge in [0.05, 0.1) is 22.8 Å². The monoisotopic (exact) mass is 972 g/mol. The average Bonchev–Trinajstić information content (AvgIpc) is 4.12. The minimum atomic E-state index is 0.905. The molecule has 4 heterocycles. The van der Waals surface area contributed by atoms with Crippen molar-refractivity contribution in [3.63, 3.8) is 0 Å². The normalized spacial score (nSPS) is 11.4. The molecule has 0 radical (unpaired) electrons. The maximum Gasteiger partial charge on any atom is 0.137 e. The molecule has 10 aromatic carbocycles. The van der Waals surface area contributed by atoms with Crippen LogP contribution in [0.2, 0.25) is 0 Å². The molecule has 0 spiro atoms. The van der Waals surface area contributed by atoms with Gasteiger partial charge in [0, 0.05) is 68.8 Å². The Morgan fingerprint density at radius 1 is 0.237 bits per heavy atom. The van der Waals surface area contributed by atoms with Crippen LogP contribution in [0.5, 0.6) is 0 Å². The first-order valence-electron chi connectivity index (χ1n) is 25.7. The van der Waals surface area contributed by atoms with Crippen LogP contribution in [0.3, 0.4) is 0 Å². The highest BCUT2D eigenvalue weighted by Crippen LogP contribution is 2.43. The molecule has 0 unspecified atom stereocenters. The number of aromatic nitrogens is 4. The molecule has 14 rings (SSSR count). The summed E-state index contributed by atoms with van der Waals surface area (Å²) in [7, 11) is 0. The molecule has 0 fully saturated rings. The molecule has 0 atom stereocenters. The third kappa shape index (κ3) is 8.11. The van der Waals surface area contributed by atoms with E-state index in [4.69, 9.17) is 9.97 Å². The number of para-hydroxylation sites is 2. The van der Waals surface area contributed by atoms with Crippen LogP contribution >= 0.6 is 0 Å². The molecule has 0 aliphatic rings. The summed E-state index contributed by atoms with van der Waals surface area (Å²) in [6.07, 6.45) is 4.22. The predicted octanol–water partition coefficient (Wildman–Crippen LogP) is 18.6. The zero-order chi connectivity index (χ0) is 50.4. The quantitative estimate of drug-likeness (QED) is 0.129. The molecule has 358 valence electrons. The van der Waals surface area contributed by atoms with Crippen LogP contribution in [0.4, 0.5) is 34.1 Å². The SMILES string of the molecule is c1ccc(N(c2ccc(-c3ccc(N(c4ccccc4)c4cccc(-c5c(-c6ccc7ccccc7c6)nc6ccccn56)c4)cc3)cc2)c2cccc(-c3c(-c4ccc5ccccc5c4)nc4ccccn34)c2)cc1. The number of hydrogen-bond donors (Lipinski definition) is 0. The van der Waals surface area contributed by atoms with Gasteiger partial charge in [0.15, 0.2) is 0 Å². The van der Waals surface area contributed by atoms with Crippen molar-refractivity contribution in [2.24, 2.45) is 0 Å². The summed E-state index contributed by atoms with van der Waals surface area (Å²) in [6, 6.07) is 99.4. The first-order chi connectivity index (χ1) is 37.7. The standard InChI is InChI=1S/C70H48N6/c1-3-23-59(24-4-1)75(63-27-15-21-57(47-63)69-67(71-65-29-11-13-43-73(65)69)55-33-31-49-17-7-9-19-53(49)45-55)61-39-35-51(36-40-61)52-37-41-62(42-38-52)76(60-25-5-2-6-26-60)64-28-16-22-58(48-64)70-68(72-66-30-12-14-44-74(66)70)56-34-32-50-18-8-10-20-54(50)46-56/h1-48H. The first kappa shape index (κ1) is 44.4. The molecule has 76 heavy (non-hydrogen) atoms. The summed E-state index contributed by atoms with van der Waals surface area (Å²) in [6.45, 7) is 0. The number of anilines is 6. The summed E-state index contributed by atoms with van der Waals surface area (Å²) in [5.41, 5.74) is 18.7. The molecule has 0 bridgehead atoms. The van der Waals surface area contributed by atoms with Crippen LogP contribution in [0.15, 0.2) is 291 Å². The molecule has 6 heteroatoms. The minimum absolute atomic E-state index is 0.905. The number of nitrogens with zero attached hydrogens (tertiary/aromatic N) is 6. The van der Waals surface area contributed by atoms with E-state index in [1.165, 1.54) is 21.5 Å². The lowest BCUT2D eigenvalue weighted by atomic mass is 10.0. The van der Waals surface area contributed by atoms with Crippen LogP contribution in [0.1, 0.15) is 0 Å². The molecule has 6 nitrogen and oxygen atoms in total. The van der Waals surface area contributed by atoms with Crippen LogP contribution < -0.4 is 9.80 Å². The fourth-order valence-corrected chi connectivity index (χ4v) is 10.9. The van der Waals surface area contributed by atoms with Gasteiger partial charge in [-0.15, -0.1) is 0 Å². The number of imidazole rings is 2. The van der Waals surface area contributed by atoms with Gasteiger partial charge >= 0.3 is 0 Å². The van der Waals surface area contributed by atoms with Crippen molar-refractivity contribution in [1.82, 2.24) is 18.8 Å². The average molecular weight is 973 g/mol. The third-order valence-corrected chi connectivity index (χ3v) is 14.5. The number of benzene rings is 10. The molecule has 0 aliphatic carbocycles. The van der Waals surface area contributed by atoms with E-state index in [2.05, 4.69) is 310 Å². The lowest BCUT2D eigenvalue weighted by molar-refractivity contribution is 1.19. The molecule has 14 aromatic rings. The zero-order valence-electron chi connectivity index (χ0n) is 41.4. The zero-order valence-corrected chi connectivity index (χ0v) is 41.4. The molecule has 0 saturated carbocycles. The second kappa shape index (κ2) is 19.0. The third-order valence-electron chi connectivity index (χ3n) is 14.5. The molecule has 0 amide bonds. The molecule has 4 aromatic heterocycles. The Bertz CT molecular complexity index is 4120. The highest BCUT2D eigenvalue weighted by atomic mass is 15.1. The van der Waals surface area contributed by atoms with E-state index in [1.807, 2.05) is 0 Å². The Hall–Kier alpha value is -10.3. The number of pyridine rings is 2. The number of rotatable bonds is 11. The van der Waals surface area contributed by atoms with Gasteiger partial charge in [-0.25, -0.2) is 9.97 Å². The topological polar surface area (TPSA) is 41.1 Å². The van der Waals surface area contributed by atoms with Gasteiger partial charge in [-0.1, -0.05) is 170 Å². The van der Waals surface area contributed by atoms with Crippen LogP contribution in [0, 0.1) is 0 Å². The predicted molar refractivity (Wildman–Crippen MR) is 316 cm³/mol. The van der Waals surface area contributed by atoms with Crippen LogP contribution in [-0.4, -0.2) is 18.8 Å². The lowest BCUT2D eigenvalue weighted by Gasteiger charge is -2.27. The molecular weight excluding hydrogens is 925 g/mol. The van der Waals surface area contributed by atoms with E-state index in [1.54, 1.807) is 0 Å². The highest BCUT2D eigenvalue weighted by molar-refractivity contribution is 5.94. The van der Waals surface area contributed by atoms with Gasteiger partial charge in [-0.05, 0) is 142 Å². The van der Waals surface area contributed by atoms with Gasteiger partial charge < -0.3 is 9.80 Å². The first-order valence-corrected chi connectivity index (χ1v) is 25.7. The fourth-order valence-electron chi connectivity index (χ4n) is 10.9. The van der Waals surface area contributed by atoms with Gasteiger partial charge in [-0.2, -0.15) is 0 Å². The van der Waals surface area contributed by atoms with E-state index in [0.29, 0.717) is 0 Å². The van der Waals surface area contributed by atoms with Gasteiger partial charge in [0.2, 0.25) is 0 Å². The van der Waals surface area contributed by atoms with Crippen molar-refractivity contribution >= 4 is 67.0 Å². The Morgan fingerprint density at radius 2 is 0.592 bits per heavy atom. The second-order valence-electron chi connectivity index (χ2n) is 19.1. The largest absolute Gasteiger partial charge is 0.310 e. The summed E-state index contributed by atoms with van der Waals surface area (Å²) < 4.78 is 4.41. The smallest absolute Gasteiger partial charge is 0.137 e. The van der Waals surface area contributed by atoms with E-state index in [9.17, 15) is 0 Å². The van der Waals surface area contributed by atoms with Crippen molar-refractivity contribution in [3.05, 3.63) is 291 Å². The maximum atomic E-state index is 5.23. The van der Waals surface area contributed by atoms with Crippen molar-refractivity contribution in [2.75, 3.05) is 9.80 Å². The number of hydrogen-bond acceptors (Lipinski definition) is 4. The summed E-state index contributed by atoms with van der Waals surface area (Å²) >= 11 is 0. The molecule has 0 N–H and O–H groups in total. The van der Waals surface area contributed by atoms with Gasteiger partial charge in [0.1, 0.15) is 11.3 Å².